The highest BCUT2D eigenvalue weighted by atomic mass is 14.7. The molecule has 0 radical (unpaired) electrons. The summed E-state index contributed by atoms with van der Waals surface area (Å²) < 4.78 is 0. The molecule has 0 aromatic heterocycles. The number of rotatable bonds is 1. The lowest BCUT2D eigenvalue weighted by atomic mass is 9.64. The summed E-state index contributed by atoms with van der Waals surface area (Å²) in [6.45, 7) is 2.30. The standard InChI is InChI=1S/C9H17N/c1-2-6-5-7-3-4-8(10)9(6)7/h6-9H,2-5,10H2,1H3. The van der Waals surface area contributed by atoms with E-state index in [1.165, 1.54) is 25.7 Å². The summed E-state index contributed by atoms with van der Waals surface area (Å²) in [6, 6.07) is 0.559. The zero-order valence-corrected chi connectivity index (χ0v) is 6.72. The highest BCUT2D eigenvalue weighted by molar-refractivity contribution is 4.99. The highest BCUT2D eigenvalue weighted by Gasteiger charge is 2.46. The van der Waals surface area contributed by atoms with Gasteiger partial charge < -0.3 is 5.73 Å². The number of fused-ring (bicyclic) bond motifs is 1. The minimum atomic E-state index is 0.559. The van der Waals surface area contributed by atoms with Gasteiger partial charge in [0.15, 0.2) is 0 Å². The van der Waals surface area contributed by atoms with Crippen LogP contribution < -0.4 is 5.73 Å². The van der Waals surface area contributed by atoms with Crippen molar-refractivity contribution in [2.24, 2.45) is 23.5 Å². The fourth-order valence-corrected chi connectivity index (χ4v) is 2.94. The molecule has 2 rings (SSSR count). The van der Waals surface area contributed by atoms with Gasteiger partial charge in [-0.15, -0.1) is 0 Å². The Labute approximate surface area is 63.0 Å². The van der Waals surface area contributed by atoms with Gasteiger partial charge in [0.1, 0.15) is 0 Å². The van der Waals surface area contributed by atoms with Crippen LogP contribution in [-0.4, -0.2) is 6.04 Å². The second-order valence-electron chi connectivity index (χ2n) is 3.98. The zero-order valence-electron chi connectivity index (χ0n) is 6.72. The molecule has 0 aromatic rings. The molecule has 1 nitrogen and oxygen atoms in total. The molecule has 0 heterocycles. The van der Waals surface area contributed by atoms with Gasteiger partial charge in [0, 0.05) is 6.04 Å². The molecule has 0 amide bonds. The largest absolute Gasteiger partial charge is 0.327 e. The summed E-state index contributed by atoms with van der Waals surface area (Å²) in [5.41, 5.74) is 5.99. The van der Waals surface area contributed by atoms with Crippen molar-refractivity contribution in [1.82, 2.24) is 0 Å². The zero-order chi connectivity index (χ0) is 7.14. The molecule has 1 heteroatoms. The average molecular weight is 139 g/mol. The molecule has 0 aromatic carbocycles. The quantitative estimate of drug-likeness (QED) is 0.588. The maximum atomic E-state index is 5.99. The molecule has 0 spiro atoms. The van der Waals surface area contributed by atoms with Gasteiger partial charge in [-0.05, 0) is 37.0 Å². The molecule has 4 unspecified atom stereocenters. The Morgan fingerprint density at radius 1 is 1.40 bits per heavy atom. The van der Waals surface area contributed by atoms with Crippen LogP contribution in [0.1, 0.15) is 32.6 Å². The van der Waals surface area contributed by atoms with Crippen LogP contribution in [0.4, 0.5) is 0 Å². The van der Waals surface area contributed by atoms with Gasteiger partial charge in [-0.1, -0.05) is 13.3 Å². The van der Waals surface area contributed by atoms with Crippen LogP contribution in [0, 0.1) is 17.8 Å². The van der Waals surface area contributed by atoms with Crippen molar-refractivity contribution in [3.63, 3.8) is 0 Å². The Bertz CT molecular complexity index is 127. The molecule has 2 saturated carbocycles. The molecule has 58 valence electrons. The minimum absolute atomic E-state index is 0.559. The third kappa shape index (κ3) is 0.731. The maximum Gasteiger partial charge on any atom is 0.00725 e. The molecule has 0 saturated heterocycles. The van der Waals surface area contributed by atoms with Crippen LogP contribution in [0.3, 0.4) is 0 Å². The van der Waals surface area contributed by atoms with E-state index in [4.69, 9.17) is 5.73 Å². The second kappa shape index (κ2) is 2.23. The Morgan fingerprint density at radius 3 is 2.80 bits per heavy atom. The Balaban J connectivity index is 1.99. The van der Waals surface area contributed by atoms with Gasteiger partial charge in [0.25, 0.3) is 0 Å². The Hall–Kier alpha value is -0.0400. The number of hydrogen-bond acceptors (Lipinski definition) is 1. The SMILES string of the molecule is CCC1CC2CCC(N)C12. The van der Waals surface area contributed by atoms with Gasteiger partial charge >= 0.3 is 0 Å². The summed E-state index contributed by atoms with van der Waals surface area (Å²) in [6.07, 6.45) is 5.55. The van der Waals surface area contributed by atoms with E-state index in [0.717, 1.165) is 17.8 Å². The van der Waals surface area contributed by atoms with E-state index in [1.807, 2.05) is 0 Å². The smallest absolute Gasteiger partial charge is 0.00725 e. The maximum absolute atomic E-state index is 5.99. The van der Waals surface area contributed by atoms with Crippen LogP contribution in [0.5, 0.6) is 0 Å². The molecule has 2 N–H and O–H groups in total. The first-order chi connectivity index (χ1) is 4.83. The predicted octanol–water partition coefficient (Wildman–Crippen LogP) is 1.77. The third-order valence-corrected chi connectivity index (χ3v) is 3.58. The fourth-order valence-electron chi connectivity index (χ4n) is 2.94. The topological polar surface area (TPSA) is 26.0 Å². The van der Waals surface area contributed by atoms with E-state index in [-0.39, 0.29) is 0 Å². The highest BCUT2D eigenvalue weighted by Crippen LogP contribution is 2.51. The molecule has 2 fully saturated rings. The monoisotopic (exact) mass is 139 g/mol. The van der Waals surface area contributed by atoms with E-state index in [9.17, 15) is 0 Å². The average Bonchev–Trinajstić information content (AvgIpc) is 2.09. The van der Waals surface area contributed by atoms with Crippen molar-refractivity contribution in [2.45, 2.75) is 38.6 Å². The van der Waals surface area contributed by atoms with Crippen molar-refractivity contribution < 1.29 is 0 Å². The third-order valence-electron chi connectivity index (χ3n) is 3.58. The lowest BCUT2D eigenvalue weighted by Crippen LogP contribution is -2.41. The molecule has 10 heavy (non-hydrogen) atoms. The van der Waals surface area contributed by atoms with Crippen LogP contribution in [-0.2, 0) is 0 Å². The van der Waals surface area contributed by atoms with E-state index < -0.39 is 0 Å². The van der Waals surface area contributed by atoms with E-state index in [2.05, 4.69) is 6.92 Å². The van der Waals surface area contributed by atoms with Gasteiger partial charge in [-0.25, -0.2) is 0 Å². The van der Waals surface area contributed by atoms with Gasteiger partial charge in [-0.3, -0.25) is 0 Å². The normalized spacial score (nSPS) is 52.2. The lowest BCUT2D eigenvalue weighted by molar-refractivity contribution is 0.0880. The molecule has 0 aliphatic heterocycles. The van der Waals surface area contributed by atoms with Crippen LogP contribution in [0.2, 0.25) is 0 Å². The number of hydrogen-bond donors (Lipinski definition) is 1. The van der Waals surface area contributed by atoms with Crippen molar-refractivity contribution in [2.75, 3.05) is 0 Å². The first-order valence-electron chi connectivity index (χ1n) is 4.58. The van der Waals surface area contributed by atoms with Crippen molar-refractivity contribution >= 4 is 0 Å². The van der Waals surface area contributed by atoms with E-state index in [0.29, 0.717) is 6.04 Å². The van der Waals surface area contributed by atoms with Gasteiger partial charge in [-0.2, -0.15) is 0 Å². The summed E-state index contributed by atoms with van der Waals surface area (Å²) >= 11 is 0. The van der Waals surface area contributed by atoms with Crippen LogP contribution in [0.25, 0.3) is 0 Å². The summed E-state index contributed by atoms with van der Waals surface area (Å²) in [5, 5.41) is 0. The Kier molecular flexibility index (Phi) is 1.48. The molecular formula is C9H17N. The summed E-state index contributed by atoms with van der Waals surface area (Å²) in [4.78, 5) is 0. The summed E-state index contributed by atoms with van der Waals surface area (Å²) in [5.74, 6) is 2.94. The van der Waals surface area contributed by atoms with Crippen molar-refractivity contribution in [3.05, 3.63) is 0 Å². The fraction of sp³-hybridized carbons (Fsp3) is 1.00. The Morgan fingerprint density at radius 2 is 2.20 bits per heavy atom. The van der Waals surface area contributed by atoms with Crippen LogP contribution in [0.15, 0.2) is 0 Å². The molecule has 0 bridgehead atoms. The second-order valence-corrected chi connectivity index (χ2v) is 3.98. The summed E-state index contributed by atoms with van der Waals surface area (Å²) in [7, 11) is 0. The first kappa shape index (κ1) is 6.66. The van der Waals surface area contributed by atoms with Gasteiger partial charge in [0.2, 0.25) is 0 Å². The predicted molar refractivity (Wildman–Crippen MR) is 42.6 cm³/mol. The van der Waals surface area contributed by atoms with Crippen molar-refractivity contribution in [1.29, 1.82) is 0 Å². The number of nitrogens with two attached hydrogens (primary N) is 1. The molecule has 4 atom stereocenters. The minimum Gasteiger partial charge on any atom is -0.327 e. The molecule has 2 aliphatic rings. The molecular weight excluding hydrogens is 122 g/mol. The van der Waals surface area contributed by atoms with Gasteiger partial charge in [0.05, 0.1) is 0 Å². The van der Waals surface area contributed by atoms with Crippen LogP contribution >= 0.6 is 0 Å². The van der Waals surface area contributed by atoms with E-state index in [1.54, 1.807) is 0 Å². The van der Waals surface area contributed by atoms with Crippen molar-refractivity contribution in [3.8, 4) is 0 Å². The molecule has 2 aliphatic carbocycles. The lowest BCUT2D eigenvalue weighted by Gasteiger charge is -2.42. The first-order valence-corrected chi connectivity index (χ1v) is 4.58. The van der Waals surface area contributed by atoms with E-state index >= 15 is 0 Å².